The van der Waals surface area contributed by atoms with E-state index < -0.39 is 11.8 Å². The molecular formula is C24H19FN2O4. The number of nitrogens with one attached hydrogen (secondary N) is 1. The fraction of sp³-hybridized carbons (Fsp3) is 0.0833. The van der Waals surface area contributed by atoms with Crippen LogP contribution in [0.3, 0.4) is 0 Å². The van der Waals surface area contributed by atoms with Crippen LogP contribution in [0.5, 0.6) is 11.5 Å². The first-order chi connectivity index (χ1) is 15.1. The van der Waals surface area contributed by atoms with Gasteiger partial charge < -0.3 is 9.47 Å². The smallest absolute Gasteiger partial charge is 0.282 e. The Morgan fingerprint density at radius 1 is 0.968 bits per heavy atom. The van der Waals surface area contributed by atoms with Crippen LogP contribution in [0.15, 0.2) is 78.4 Å². The zero-order valence-electron chi connectivity index (χ0n) is 16.7. The number of carbonyl (C=O) groups excluding carboxylic acids is 2. The molecule has 0 radical (unpaired) electrons. The van der Waals surface area contributed by atoms with Crippen LogP contribution in [0.4, 0.5) is 10.1 Å². The van der Waals surface area contributed by atoms with Gasteiger partial charge in [0.1, 0.15) is 18.0 Å². The third kappa shape index (κ3) is 4.11. The molecule has 1 fully saturated rings. The molecule has 4 rings (SSSR count). The predicted molar refractivity (Wildman–Crippen MR) is 114 cm³/mol. The molecule has 2 amide bonds. The number of amides is 2. The van der Waals surface area contributed by atoms with Gasteiger partial charge in [0.15, 0.2) is 11.5 Å². The molecule has 3 aromatic carbocycles. The first-order valence-corrected chi connectivity index (χ1v) is 9.54. The Morgan fingerprint density at radius 3 is 2.45 bits per heavy atom. The Labute approximate surface area is 178 Å². The maximum absolute atomic E-state index is 14.0. The summed E-state index contributed by atoms with van der Waals surface area (Å²) in [5.41, 5.74) is 3.89. The van der Waals surface area contributed by atoms with E-state index in [4.69, 9.17) is 9.47 Å². The minimum Gasteiger partial charge on any atom is -0.493 e. The highest BCUT2D eigenvalue weighted by Gasteiger charge is 2.34. The maximum Gasteiger partial charge on any atom is 0.282 e. The number of hydrogen-bond donors (Lipinski definition) is 1. The molecule has 6 nitrogen and oxygen atoms in total. The molecule has 0 saturated carbocycles. The van der Waals surface area contributed by atoms with Gasteiger partial charge in [-0.3, -0.25) is 15.0 Å². The number of methoxy groups -OCH3 is 1. The lowest BCUT2D eigenvalue weighted by atomic mass is 10.1. The third-order valence-electron chi connectivity index (χ3n) is 4.76. The largest absolute Gasteiger partial charge is 0.493 e. The standard InChI is InChI=1S/C24H19FN2O4/c1-30-21-13-7-9-16(22(21)31-15-17-8-5-6-12-20(17)25)14-19-23(28)26-27(24(19)29)18-10-3-2-4-11-18/h2-14H,15H2,1H3,(H,26,28). The average Bonchev–Trinajstić information content (AvgIpc) is 3.08. The first kappa shape index (κ1) is 20.2. The van der Waals surface area contributed by atoms with E-state index in [0.29, 0.717) is 28.3 Å². The fourth-order valence-electron chi connectivity index (χ4n) is 3.20. The van der Waals surface area contributed by atoms with Crippen molar-refractivity contribution in [1.82, 2.24) is 5.43 Å². The maximum atomic E-state index is 14.0. The highest BCUT2D eigenvalue weighted by atomic mass is 19.1. The molecule has 1 aliphatic heterocycles. The number of rotatable bonds is 6. The number of para-hydroxylation sites is 2. The lowest BCUT2D eigenvalue weighted by Gasteiger charge is -2.14. The van der Waals surface area contributed by atoms with Gasteiger partial charge in [0.05, 0.1) is 12.8 Å². The molecule has 0 atom stereocenters. The van der Waals surface area contributed by atoms with Crippen molar-refractivity contribution in [2.45, 2.75) is 6.61 Å². The Hall–Kier alpha value is -4.13. The number of nitrogens with zero attached hydrogens (tertiary/aromatic N) is 1. The summed E-state index contributed by atoms with van der Waals surface area (Å²) in [4.78, 5) is 25.4. The van der Waals surface area contributed by atoms with Crippen molar-refractivity contribution in [3.05, 3.63) is 95.3 Å². The Bertz CT molecular complexity index is 1160. The SMILES string of the molecule is COc1cccc(C=C2C(=O)NN(c3ccccc3)C2=O)c1OCc1ccccc1F. The topological polar surface area (TPSA) is 67.9 Å². The van der Waals surface area contributed by atoms with Gasteiger partial charge >= 0.3 is 0 Å². The third-order valence-corrected chi connectivity index (χ3v) is 4.76. The van der Waals surface area contributed by atoms with Gasteiger partial charge in [0.2, 0.25) is 0 Å². The second-order valence-corrected chi connectivity index (χ2v) is 6.73. The molecular weight excluding hydrogens is 399 g/mol. The number of anilines is 1. The number of halogens is 1. The molecule has 31 heavy (non-hydrogen) atoms. The van der Waals surface area contributed by atoms with E-state index in [2.05, 4.69) is 5.43 Å². The van der Waals surface area contributed by atoms with Crippen molar-refractivity contribution >= 4 is 23.6 Å². The molecule has 7 heteroatoms. The van der Waals surface area contributed by atoms with Gasteiger partial charge in [-0.15, -0.1) is 0 Å². The van der Waals surface area contributed by atoms with Crippen LogP contribution in [0.25, 0.3) is 6.08 Å². The van der Waals surface area contributed by atoms with Crippen LogP contribution in [-0.4, -0.2) is 18.9 Å². The molecule has 0 spiro atoms. The number of ether oxygens (including phenoxy) is 2. The molecule has 0 bridgehead atoms. The molecule has 3 aromatic rings. The van der Waals surface area contributed by atoms with Crippen molar-refractivity contribution in [3.8, 4) is 11.5 Å². The van der Waals surface area contributed by atoms with Crippen molar-refractivity contribution in [2.75, 3.05) is 12.1 Å². The predicted octanol–water partition coefficient (Wildman–Crippen LogP) is 3.87. The van der Waals surface area contributed by atoms with Crippen LogP contribution in [0.2, 0.25) is 0 Å². The van der Waals surface area contributed by atoms with Crippen LogP contribution < -0.4 is 19.9 Å². The molecule has 156 valence electrons. The normalized spacial score (nSPS) is 14.6. The summed E-state index contributed by atoms with van der Waals surface area (Å²) in [7, 11) is 1.48. The van der Waals surface area contributed by atoms with E-state index in [0.717, 1.165) is 0 Å². The number of hydrazine groups is 1. The van der Waals surface area contributed by atoms with Crippen molar-refractivity contribution in [3.63, 3.8) is 0 Å². The summed E-state index contributed by atoms with van der Waals surface area (Å²) in [5, 5.41) is 1.19. The number of benzene rings is 3. The summed E-state index contributed by atoms with van der Waals surface area (Å²) < 4.78 is 25.2. The van der Waals surface area contributed by atoms with Crippen LogP contribution in [0, 0.1) is 5.82 Å². The Kier molecular flexibility index (Phi) is 5.66. The molecule has 1 N–H and O–H groups in total. The monoisotopic (exact) mass is 418 g/mol. The molecule has 1 saturated heterocycles. The highest BCUT2D eigenvalue weighted by Crippen LogP contribution is 2.34. The summed E-state index contributed by atoms with van der Waals surface area (Å²) in [6.07, 6.45) is 1.44. The van der Waals surface area contributed by atoms with E-state index in [1.54, 1.807) is 60.7 Å². The highest BCUT2D eigenvalue weighted by molar-refractivity contribution is 6.31. The quantitative estimate of drug-likeness (QED) is 0.487. The Balaban J connectivity index is 1.66. The van der Waals surface area contributed by atoms with E-state index in [1.807, 2.05) is 6.07 Å². The second-order valence-electron chi connectivity index (χ2n) is 6.73. The number of hydrogen-bond acceptors (Lipinski definition) is 4. The van der Waals surface area contributed by atoms with Crippen molar-refractivity contribution in [1.29, 1.82) is 0 Å². The summed E-state index contributed by atoms with van der Waals surface area (Å²) in [6.45, 7) is -0.0422. The minimum atomic E-state index is -0.531. The minimum absolute atomic E-state index is 0.0422. The van der Waals surface area contributed by atoms with Gasteiger partial charge in [-0.05, 0) is 30.3 Å². The lowest BCUT2D eigenvalue weighted by Crippen LogP contribution is -2.35. The summed E-state index contributed by atoms with van der Waals surface area (Å²) >= 11 is 0. The Morgan fingerprint density at radius 2 is 1.71 bits per heavy atom. The van der Waals surface area contributed by atoms with E-state index in [-0.39, 0.29) is 18.0 Å². The van der Waals surface area contributed by atoms with Crippen LogP contribution >= 0.6 is 0 Å². The van der Waals surface area contributed by atoms with Gasteiger partial charge in [-0.25, -0.2) is 9.40 Å². The molecule has 0 unspecified atom stereocenters. The molecule has 1 aliphatic rings. The molecule has 0 aliphatic carbocycles. The second kappa shape index (κ2) is 8.71. The van der Waals surface area contributed by atoms with E-state index in [9.17, 15) is 14.0 Å². The van der Waals surface area contributed by atoms with Gasteiger partial charge in [-0.2, -0.15) is 0 Å². The van der Waals surface area contributed by atoms with Gasteiger partial charge in [0, 0.05) is 11.1 Å². The lowest BCUT2D eigenvalue weighted by molar-refractivity contribution is -0.117. The zero-order valence-corrected chi connectivity index (χ0v) is 16.7. The van der Waals surface area contributed by atoms with Gasteiger partial charge in [0.25, 0.3) is 11.8 Å². The van der Waals surface area contributed by atoms with E-state index >= 15 is 0 Å². The van der Waals surface area contributed by atoms with E-state index in [1.165, 1.54) is 24.3 Å². The van der Waals surface area contributed by atoms with Gasteiger partial charge in [-0.1, -0.05) is 48.5 Å². The average molecular weight is 418 g/mol. The molecule has 0 aromatic heterocycles. The summed E-state index contributed by atoms with van der Waals surface area (Å²) in [5.74, 6) is -0.701. The summed E-state index contributed by atoms with van der Waals surface area (Å²) in [6, 6.07) is 20.2. The fourth-order valence-corrected chi connectivity index (χ4v) is 3.20. The van der Waals surface area contributed by atoms with Crippen LogP contribution in [0.1, 0.15) is 11.1 Å². The van der Waals surface area contributed by atoms with Crippen molar-refractivity contribution in [2.24, 2.45) is 0 Å². The zero-order chi connectivity index (χ0) is 21.8. The van der Waals surface area contributed by atoms with Crippen molar-refractivity contribution < 1.29 is 23.5 Å². The van der Waals surface area contributed by atoms with Crippen LogP contribution in [-0.2, 0) is 16.2 Å². The first-order valence-electron chi connectivity index (χ1n) is 9.54. The molecule has 1 heterocycles. The number of carbonyl (C=O) groups is 2.